The van der Waals surface area contributed by atoms with Gasteiger partial charge in [-0.2, -0.15) is 0 Å². The van der Waals surface area contributed by atoms with Crippen LogP contribution in [-0.4, -0.2) is 18.6 Å². The highest BCUT2D eigenvalue weighted by atomic mass is 16.5. The van der Waals surface area contributed by atoms with E-state index >= 15 is 0 Å². The topological polar surface area (TPSA) is 59.6 Å². The molecule has 1 rings (SSSR count). The fraction of sp³-hybridized carbons (Fsp3) is 0.588. The van der Waals surface area contributed by atoms with E-state index in [4.69, 9.17) is 10.5 Å². The van der Waals surface area contributed by atoms with E-state index in [1.165, 1.54) is 5.56 Å². The number of ether oxygens (including phenoxy) is 1. The maximum Gasteiger partial charge on any atom is 0.188 e. The van der Waals surface area contributed by atoms with Crippen molar-refractivity contribution in [1.29, 1.82) is 0 Å². The quantitative estimate of drug-likeness (QED) is 0.438. The van der Waals surface area contributed by atoms with Crippen molar-refractivity contribution in [2.45, 2.75) is 59.6 Å². The van der Waals surface area contributed by atoms with Crippen molar-refractivity contribution in [3.63, 3.8) is 0 Å². The zero-order valence-corrected chi connectivity index (χ0v) is 13.8. The molecule has 0 aromatic heterocycles. The first kappa shape index (κ1) is 17.3. The number of nitrogens with zero attached hydrogens (tertiary/aromatic N) is 1. The number of hydrogen-bond donors (Lipinski definition) is 2. The molecule has 0 bridgehead atoms. The number of aryl methyl sites for hydroxylation is 1. The molecule has 3 N–H and O–H groups in total. The molecular formula is C17H29N3O. The normalized spacial score (nSPS) is 13.0. The number of aliphatic imine (C=N–C) groups is 1. The van der Waals surface area contributed by atoms with Crippen LogP contribution in [0.5, 0.6) is 5.75 Å². The fourth-order valence-corrected chi connectivity index (χ4v) is 1.82. The minimum atomic E-state index is 0.203. The lowest BCUT2D eigenvalue weighted by molar-refractivity contribution is 0.215. The van der Waals surface area contributed by atoms with E-state index in [9.17, 15) is 0 Å². The lowest BCUT2D eigenvalue weighted by Gasteiger charge is -2.16. The molecule has 0 fully saturated rings. The zero-order valence-electron chi connectivity index (χ0n) is 13.8. The predicted molar refractivity (Wildman–Crippen MR) is 89.8 cm³/mol. The first-order valence-corrected chi connectivity index (χ1v) is 7.86. The molecule has 0 aliphatic rings. The summed E-state index contributed by atoms with van der Waals surface area (Å²) in [6, 6.07) is 6.21. The summed E-state index contributed by atoms with van der Waals surface area (Å²) in [5, 5.41) is 3.12. The van der Waals surface area contributed by atoms with Crippen molar-refractivity contribution < 1.29 is 4.74 Å². The molecule has 0 aliphatic carbocycles. The highest BCUT2D eigenvalue weighted by Crippen LogP contribution is 2.23. The van der Waals surface area contributed by atoms with E-state index in [1.807, 2.05) is 0 Å². The van der Waals surface area contributed by atoms with Gasteiger partial charge in [0.05, 0.1) is 12.6 Å². The molecular weight excluding hydrogens is 262 g/mol. The zero-order chi connectivity index (χ0) is 15.7. The Balaban J connectivity index is 2.71. The molecule has 0 spiro atoms. The molecule has 0 saturated heterocycles. The molecule has 1 aromatic carbocycles. The number of nitrogens with one attached hydrogen (secondary N) is 1. The summed E-state index contributed by atoms with van der Waals surface area (Å²) in [6.45, 7) is 9.83. The van der Waals surface area contributed by atoms with Crippen LogP contribution in [0, 0.1) is 6.92 Å². The molecule has 4 heteroatoms. The van der Waals surface area contributed by atoms with Crippen LogP contribution in [0.4, 0.5) is 0 Å². The largest absolute Gasteiger partial charge is 0.490 e. The molecule has 1 atom stereocenters. The SMILES string of the molecule is CCCCNC(N)=NCc1ccc(C)cc1OC(C)CC. The molecule has 21 heavy (non-hydrogen) atoms. The van der Waals surface area contributed by atoms with E-state index in [-0.39, 0.29) is 6.10 Å². The fourth-order valence-electron chi connectivity index (χ4n) is 1.82. The number of nitrogens with two attached hydrogens (primary N) is 1. The van der Waals surface area contributed by atoms with Gasteiger partial charge >= 0.3 is 0 Å². The Hall–Kier alpha value is -1.71. The van der Waals surface area contributed by atoms with Gasteiger partial charge in [-0.1, -0.05) is 32.4 Å². The Morgan fingerprint density at radius 3 is 2.81 bits per heavy atom. The highest BCUT2D eigenvalue weighted by Gasteiger charge is 2.07. The van der Waals surface area contributed by atoms with Gasteiger partial charge in [0.25, 0.3) is 0 Å². The first-order chi connectivity index (χ1) is 10.1. The maximum atomic E-state index is 5.98. The molecule has 0 radical (unpaired) electrons. The summed E-state index contributed by atoms with van der Waals surface area (Å²) in [6.07, 6.45) is 3.43. The van der Waals surface area contributed by atoms with Crippen molar-refractivity contribution in [2.24, 2.45) is 10.7 Å². The van der Waals surface area contributed by atoms with E-state index in [2.05, 4.69) is 56.2 Å². The summed E-state index contributed by atoms with van der Waals surface area (Å²) < 4.78 is 5.98. The summed E-state index contributed by atoms with van der Waals surface area (Å²) in [7, 11) is 0. The van der Waals surface area contributed by atoms with Gasteiger partial charge in [0, 0.05) is 12.1 Å². The van der Waals surface area contributed by atoms with Crippen LogP contribution in [0.1, 0.15) is 51.2 Å². The van der Waals surface area contributed by atoms with Crippen LogP contribution in [0.25, 0.3) is 0 Å². The highest BCUT2D eigenvalue weighted by molar-refractivity contribution is 5.77. The Labute approximate surface area is 128 Å². The van der Waals surface area contributed by atoms with Crippen LogP contribution < -0.4 is 15.8 Å². The summed E-state index contributed by atoms with van der Waals surface area (Å²) in [4.78, 5) is 4.39. The lowest BCUT2D eigenvalue weighted by Crippen LogP contribution is -2.32. The standard InChI is InChI=1S/C17H29N3O/c1-5-7-10-19-17(18)20-12-15-9-8-13(3)11-16(15)21-14(4)6-2/h8-9,11,14H,5-7,10,12H2,1-4H3,(H3,18,19,20). The molecule has 0 heterocycles. The number of guanidine groups is 1. The second kappa shape index (κ2) is 9.27. The number of unbranched alkanes of at least 4 members (excludes halogenated alkanes) is 1. The Morgan fingerprint density at radius 1 is 1.38 bits per heavy atom. The van der Waals surface area contributed by atoms with E-state index in [0.717, 1.165) is 37.1 Å². The second-order valence-electron chi connectivity index (χ2n) is 5.43. The van der Waals surface area contributed by atoms with Crippen LogP contribution in [0.15, 0.2) is 23.2 Å². The minimum Gasteiger partial charge on any atom is -0.490 e. The maximum absolute atomic E-state index is 5.98. The molecule has 1 unspecified atom stereocenters. The molecule has 0 amide bonds. The monoisotopic (exact) mass is 291 g/mol. The molecule has 1 aromatic rings. The van der Waals surface area contributed by atoms with Crippen molar-refractivity contribution >= 4 is 5.96 Å². The van der Waals surface area contributed by atoms with Crippen molar-refractivity contribution in [2.75, 3.05) is 6.54 Å². The van der Waals surface area contributed by atoms with Crippen LogP contribution in [0.3, 0.4) is 0 Å². The Kier molecular flexibility index (Phi) is 7.65. The first-order valence-electron chi connectivity index (χ1n) is 7.86. The molecule has 4 nitrogen and oxygen atoms in total. The van der Waals surface area contributed by atoms with Gasteiger partial charge in [0.2, 0.25) is 0 Å². The molecule has 0 saturated carbocycles. The van der Waals surface area contributed by atoms with Crippen LogP contribution in [-0.2, 0) is 6.54 Å². The van der Waals surface area contributed by atoms with E-state index in [1.54, 1.807) is 0 Å². The third kappa shape index (κ3) is 6.52. The Morgan fingerprint density at radius 2 is 2.14 bits per heavy atom. The van der Waals surface area contributed by atoms with Gasteiger partial charge in [0.15, 0.2) is 5.96 Å². The molecule has 118 valence electrons. The van der Waals surface area contributed by atoms with Crippen molar-refractivity contribution in [3.05, 3.63) is 29.3 Å². The van der Waals surface area contributed by atoms with Gasteiger partial charge in [-0.3, -0.25) is 0 Å². The molecule has 0 aliphatic heterocycles. The average molecular weight is 291 g/mol. The third-order valence-corrected chi connectivity index (χ3v) is 3.38. The summed E-state index contributed by atoms with van der Waals surface area (Å²) >= 11 is 0. The minimum absolute atomic E-state index is 0.203. The van der Waals surface area contributed by atoms with Crippen molar-refractivity contribution in [1.82, 2.24) is 5.32 Å². The van der Waals surface area contributed by atoms with Gasteiger partial charge in [-0.25, -0.2) is 4.99 Å². The average Bonchev–Trinajstić information content (AvgIpc) is 2.46. The van der Waals surface area contributed by atoms with Gasteiger partial charge in [-0.15, -0.1) is 0 Å². The van der Waals surface area contributed by atoms with Crippen molar-refractivity contribution in [3.8, 4) is 5.75 Å². The third-order valence-electron chi connectivity index (χ3n) is 3.38. The van der Waals surface area contributed by atoms with E-state index in [0.29, 0.717) is 12.5 Å². The number of benzene rings is 1. The lowest BCUT2D eigenvalue weighted by atomic mass is 10.1. The summed E-state index contributed by atoms with van der Waals surface area (Å²) in [5.74, 6) is 1.41. The Bertz CT molecular complexity index is 457. The van der Waals surface area contributed by atoms with E-state index < -0.39 is 0 Å². The van der Waals surface area contributed by atoms with Crippen LogP contribution in [0.2, 0.25) is 0 Å². The van der Waals surface area contributed by atoms with Crippen LogP contribution >= 0.6 is 0 Å². The number of hydrogen-bond acceptors (Lipinski definition) is 2. The second-order valence-corrected chi connectivity index (χ2v) is 5.43. The smallest absolute Gasteiger partial charge is 0.188 e. The van der Waals surface area contributed by atoms with Gasteiger partial charge < -0.3 is 15.8 Å². The number of rotatable bonds is 8. The summed E-state index contributed by atoms with van der Waals surface area (Å²) in [5.41, 5.74) is 8.13. The van der Waals surface area contributed by atoms with Gasteiger partial charge in [-0.05, 0) is 38.3 Å². The van der Waals surface area contributed by atoms with Gasteiger partial charge in [0.1, 0.15) is 5.75 Å². The predicted octanol–water partition coefficient (Wildman–Crippen LogP) is 3.38.